The largest absolute Gasteiger partial charge is 0.485 e. The minimum absolute atomic E-state index is 0.00987. The van der Waals surface area contributed by atoms with Gasteiger partial charge in [-0.15, -0.1) is 0 Å². The van der Waals surface area contributed by atoms with Crippen molar-refractivity contribution in [3.63, 3.8) is 0 Å². The van der Waals surface area contributed by atoms with Gasteiger partial charge in [0.25, 0.3) is 5.91 Å². The number of benzene rings is 2. The number of aryl methyl sites for hydroxylation is 1. The van der Waals surface area contributed by atoms with Crippen LogP contribution in [0.25, 0.3) is 0 Å². The molecule has 0 saturated carbocycles. The SMILES string of the molecule is Cc1ccc(NC(=O)COC(=O)[C@@H]2COc3ccccc3O2)c(F)c1. The van der Waals surface area contributed by atoms with Gasteiger partial charge >= 0.3 is 5.97 Å². The molecule has 1 amide bonds. The summed E-state index contributed by atoms with van der Waals surface area (Å²) >= 11 is 0. The molecular weight excluding hydrogens is 329 g/mol. The van der Waals surface area contributed by atoms with Gasteiger partial charge < -0.3 is 19.5 Å². The molecule has 0 spiro atoms. The van der Waals surface area contributed by atoms with E-state index in [0.717, 1.165) is 5.56 Å². The van der Waals surface area contributed by atoms with Gasteiger partial charge in [-0.3, -0.25) is 4.79 Å². The number of fused-ring (bicyclic) bond motifs is 1. The van der Waals surface area contributed by atoms with E-state index in [1.54, 1.807) is 37.3 Å². The Bertz CT molecular complexity index is 808. The van der Waals surface area contributed by atoms with Gasteiger partial charge in [-0.05, 0) is 36.8 Å². The third-order valence-corrected chi connectivity index (χ3v) is 3.52. The number of carbonyl (C=O) groups is 2. The Labute approximate surface area is 143 Å². The lowest BCUT2D eigenvalue weighted by atomic mass is 10.2. The number of nitrogens with one attached hydrogen (secondary N) is 1. The van der Waals surface area contributed by atoms with Gasteiger partial charge in [-0.25, -0.2) is 9.18 Å². The van der Waals surface area contributed by atoms with Gasteiger partial charge in [0.15, 0.2) is 18.1 Å². The molecule has 1 N–H and O–H groups in total. The number of amides is 1. The van der Waals surface area contributed by atoms with E-state index < -0.39 is 30.4 Å². The van der Waals surface area contributed by atoms with Gasteiger partial charge in [0.05, 0.1) is 5.69 Å². The fraction of sp³-hybridized carbons (Fsp3) is 0.222. The summed E-state index contributed by atoms with van der Waals surface area (Å²) in [6.07, 6.45) is -0.959. The van der Waals surface area contributed by atoms with E-state index in [9.17, 15) is 14.0 Å². The highest BCUT2D eigenvalue weighted by atomic mass is 19.1. The number of hydrogen-bond acceptors (Lipinski definition) is 5. The van der Waals surface area contributed by atoms with Crippen LogP contribution in [0.15, 0.2) is 42.5 Å². The van der Waals surface area contributed by atoms with Crippen molar-refractivity contribution in [2.24, 2.45) is 0 Å². The molecule has 0 radical (unpaired) electrons. The highest BCUT2D eigenvalue weighted by Crippen LogP contribution is 2.31. The normalized spacial score (nSPS) is 15.4. The Balaban J connectivity index is 1.51. The molecule has 0 bridgehead atoms. The molecule has 2 aromatic carbocycles. The number of halogens is 1. The molecule has 0 fully saturated rings. The number of rotatable bonds is 4. The number of carbonyl (C=O) groups excluding carboxylic acids is 2. The summed E-state index contributed by atoms with van der Waals surface area (Å²) in [5.41, 5.74) is 0.759. The summed E-state index contributed by atoms with van der Waals surface area (Å²) in [5.74, 6) is -0.955. The zero-order valence-corrected chi connectivity index (χ0v) is 13.5. The van der Waals surface area contributed by atoms with E-state index in [1.807, 2.05) is 0 Å². The number of ether oxygens (including phenoxy) is 3. The van der Waals surface area contributed by atoms with Gasteiger partial charge in [0.2, 0.25) is 6.10 Å². The van der Waals surface area contributed by atoms with Crippen LogP contribution in [0, 0.1) is 12.7 Å². The average molecular weight is 345 g/mol. The van der Waals surface area contributed by atoms with E-state index in [-0.39, 0.29) is 12.3 Å². The highest BCUT2D eigenvalue weighted by molar-refractivity contribution is 5.93. The molecule has 1 heterocycles. The summed E-state index contributed by atoms with van der Waals surface area (Å²) in [4.78, 5) is 23.8. The van der Waals surface area contributed by atoms with Crippen LogP contribution < -0.4 is 14.8 Å². The standard InChI is InChI=1S/C18H16FNO5/c1-11-6-7-13(12(19)8-11)20-17(21)10-24-18(22)16-9-23-14-4-2-3-5-15(14)25-16/h2-8,16H,9-10H2,1H3,(H,20,21)/t16-/m0/s1. The van der Waals surface area contributed by atoms with Crippen LogP contribution in [-0.4, -0.2) is 31.2 Å². The van der Waals surface area contributed by atoms with Crippen LogP contribution in [0.3, 0.4) is 0 Å². The van der Waals surface area contributed by atoms with E-state index in [4.69, 9.17) is 14.2 Å². The van der Waals surface area contributed by atoms with Crippen LogP contribution in [-0.2, 0) is 14.3 Å². The van der Waals surface area contributed by atoms with Crippen molar-refractivity contribution < 1.29 is 28.2 Å². The number of para-hydroxylation sites is 2. The Morgan fingerprint density at radius 1 is 1.24 bits per heavy atom. The number of esters is 1. The van der Waals surface area contributed by atoms with Crippen molar-refractivity contribution in [2.45, 2.75) is 13.0 Å². The first kappa shape index (κ1) is 16.8. The van der Waals surface area contributed by atoms with Crippen LogP contribution in [0.4, 0.5) is 10.1 Å². The molecule has 0 unspecified atom stereocenters. The first-order valence-electron chi connectivity index (χ1n) is 7.64. The Hall–Kier alpha value is -3.09. The molecule has 0 aliphatic carbocycles. The zero-order valence-electron chi connectivity index (χ0n) is 13.5. The molecule has 1 aliphatic heterocycles. The van der Waals surface area contributed by atoms with Gasteiger partial charge in [0, 0.05) is 0 Å². The van der Waals surface area contributed by atoms with Crippen molar-refractivity contribution >= 4 is 17.6 Å². The average Bonchev–Trinajstić information content (AvgIpc) is 2.61. The summed E-state index contributed by atoms with van der Waals surface area (Å²) < 4.78 is 29.5. The second-order valence-corrected chi connectivity index (χ2v) is 5.50. The van der Waals surface area contributed by atoms with Crippen molar-refractivity contribution in [1.29, 1.82) is 0 Å². The van der Waals surface area contributed by atoms with Gasteiger partial charge in [-0.1, -0.05) is 18.2 Å². The third-order valence-electron chi connectivity index (χ3n) is 3.52. The quantitative estimate of drug-likeness (QED) is 0.862. The Morgan fingerprint density at radius 2 is 2.00 bits per heavy atom. The first-order valence-corrected chi connectivity index (χ1v) is 7.64. The zero-order chi connectivity index (χ0) is 17.8. The Morgan fingerprint density at radius 3 is 2.76 bits per heavy atom. The minimum atomic E-state index is -0.959. The van der Waals surface area contributed by atoms with Gasteiger partial charge in [-0.2, -0.15) is 0 Å². The van der Waals surface area contributed by atoms with E-state index in [1.165, 1.54) is 12.1 Å². The number of hydrogen-bond donors (Lipinski definition) is 1. The van der Waals surface area contributed by atoms with Crippen molar-refractivity contribution in [3.05, 3.63) is 53.8 Å². The van der Waals surface area contributed by atoms with Gasteiger partial charge in [0.1, 0.15) is 12.4 Å². The molecule has 3 rings (SSSR count). The van der Waals surface area contributed by atoms with Crippen LogP contribution >= 0.6 is 0 Å². The smallest absolute Gasteiger partial charge is 0.351 e. The lowest BCUT2D eigenvalue weighted by Gasteiger charge is -2.24. The predicted octanol–water partition coefficient (Wildman–Crippen LogP) is 2.46. The minimum Gasteiger partial charge on any atom is -0.485 e. The molecule has 6 nitrogen and oxygen atoms in total. The molecule has 0 aromatic heterocycles. The monoisotopic (exact) mass is 345 g/mol. The molecule has 1 aliphatic rings. The van der Waals surface area contributed by atoms with Crippen LogP contribution in [0.5, 0.6) is 11.5 Å². The lowest BCUT2D eigenvalue weighted by molar-refractivity contribution is -0.156. The second-order valence-electron chi connectivity index (χ2n) is 5.50. The fourth-order valence-electron chi connectivity index (χ4n) is 2.27. The summed E-state index contributed by atoms with van der Waals surface area (Å²) in [5, 5.41) is 2.35. The molecule has 2 aromatic rings. The van der Waals surface area contributed by atoms with E-state index in [0.29, 0.717) is 11.5 Å². The fourth-order valence-corrected chi connectivity index (χ4v) is 2.27. The third kappa shape index (κ3) is 4.06. The molecule has 1 atom stereocenters. The maximum absolute atomic E-state index is 13.7. The maximum Gasteiger partial charge on any atom is 0.351 e. The Kier molecular flexibility index (Phi) is 4.83. The number of anilines is 1. The molecule has 0 saturated heterocycles. The molecular formula is C18H16FNO5. The van der Waals surface area contributed by atoms with E-state index in [2.05, 4.69) is 5.32 Å². The van der Waals surface area contributed by atoms with Crippen LogP contribution in [0.1, 0.15) is 5.56 Å². The van der Waals surface area contributed by atoms with E-state index >= 15 is 0 Å². The summed E-state index contributed by atoms with van der Waals surface area (Å²) in [6, 6.07) is 11.3. The van der Waals surface area contributed by atoms with Crippen molar-refractivity contribution in [1.82, 2.24) is 0 Å². The van der Waals surface area contributed by atoms with Crippen molar-refractivity contribution in [2.75, 3.05) is 18.5 Å². The predicted molar refractivity (Wildman–Crippen MR) is 87.1 cm³/mol. The van der Waals surface area contributed by atoms with Crippen LogP contribution in [0.2, 0.25) is 0 Å². The summed E-state index contributed by atoms with van der Waals surface area (Å²) in [7, 11) is 0. The summed E-state index contributed by atoms with van der Waals surface area (Å²) in [6.45, 7) is 1.18. The molecule has 7 heteroatoms. The molecule has 25 heavy (non-hydrogen) atoms. The highest BCUT2D eigenvalue weighted by Gasteiger charge is 2.29. The topological polar surface area (TPSA) is 73.9 Å². The molecule has 130 valence electrons. The maximum atomic E-state index is 13.7. The first-order chi connectivity index (χ1) is 12.0. The van der Waals surface area contributed by atoms with Crippen molar-refractivity contribution in [3.8, 4) is 11.5 Å². The lowest BCUT2D eigenvalue weighted by Crippen LogP contribution is -2.39. The second kappa shape index (κ2) is 7.21.